The van der Waals surface area contributed by atoms with E-state index in [4.69, 9.17) is 29.1 Å². The molecule has 2 bridgehead atoms. The van der Waals surface area contributed by atoms with E-state index >= 15 is 0 Å². The van der Waals surface area contributed by atoms with Crippen LogP contribution in [-0.2, 0) is 24.0 Å². The van der Waals surface area contributed by atoms with Crippen molar-refractivity contribution in [3.8, 4) is 0 Å². The minimum absolute atomic E-state index is 0.0305. The maximum atomic E-state index is 14.2. The van der Waals surface area contributed by atoms with Gasteiger partial charge in [0, 0.05) is 18.3 Å². The summed E-state index contributed by atoms with van der Waals surface area (Å²) in [7, 11) is 0. The fourth-order valence-electron chi connectivity index (χ4n) is 5.69. The van der Waals surface area contributed by atoms with Crippen LogP contribution in [0.15, 0.2) is 0 Å². The van der Waals surface area contributed by atoms with E-state index in [1.807, 2.05) is 0 Å². The van der Waals surface area contributed by atoms with Crippen molar-refractivity contribution >= 4 is 0 Å². The molecule has 0 radical (unpaired) electrons. The summed E-state index contributed by atoms with van der Waals surface area (Å²) in [5.41, 5.74) is -1.09. The number of alkyl halides is 3. The van der Waals surface area contributed by atoms with Crippen LogP contribution in [0.25, 0.3) is 0 Å². The number of ether oxygens (including phenoxy) is 3. The molecule has 4 heterocycles. The molecule has 5 rings (SSSR count). The van der Waals surface area contributed by atoms with Gasteiger partial charge >= 0.3 is 6.18 Å². The van der Waals surface area contributed by atoms with Gasteiger partial charge in [-0.2, -0.15) is 13.2 Å². The van der Waals surface area contributed by atoms with Crippen LogP contribution in [0.3, 0.4) is 0 Å². The Balaban J connectivity index is 1.82. The first-order valence-corrected chi connectivity index (χ1v) is 9.63. The van der Waals surface area contributed by atoms with Gasteiger partial charge in [0.15, 0.2) is 11.9 Å². The lowest BCUT2D eigenvalue weighted by Gasteiger charge is -2.62. The molecule has 6 nitrogen and oxygen atoms in total. The number of hydrogen-bond donors (Lipinski definition) is 1. The molecule has 5 aliphatic rings. The van der Waals surface area contributed by atoms with Gasteiger partial charge in [-0.15, -0.1) is 0 Å². The first-order valence-electron chi connectivity index (χ1n) is 9.63. The first-order chi connectivity index (χ1) is 12.6. The van der Waals surface area contributed by atoms with Crippen molar-refractivity contribution in [3.05, 3.63) is 0 Å². The van der Waals surface area contributed by atoms with Crippen molar-refractivity contribution in [2.45, 2.75) is 76.1 Å². The van der Waals surface area contributed by atoms with Crippen LogP contribution >= 0.6 is 0 Å². The second-order valence-electron chi connectivity index (χ2n) is 8.55. The van der Waals surface area contributed by atoms with E-state index in [0.717, 1.165) is 12.8 Å². The maximum absolute atomic E-state index is 14.2. The summed E-state index contributed by atoms with van der Waals surface area (Å²) in [6.45, 7) is 4.21. The molecule has 1 aliphatic carbocycles. The number of rotatable bonds is 3. The third-order valence-corrected chi connectivity index (χ3v) is 7.06. The van der Waals surface area contributed by atoms with Crippen molar-refractivity contribution < 1.29 is 42.3 Å². The molecule has 0 aromatic heterocycles. The van der Waals surface area contributed by atoms with E-state index in [1.54, 1.807) is 6.92 Å². The minimum atomic E-state index is -4.79. The predicted octanol–water partition coefficient (Wildman–Crippen LogP) is 3.14. The number of hydrogen-bond acceptors (Lipinski definition) is 6. The average Bonchev–Trinajstić information content (AvgIpc) is 2.82. The maximum Gasteiger partial charge on any atom is 0.443 e. The van der Waals surface area contributed by atoms with Gasteiger partial charge in [-0.3, -0.25) is 0 Å². The number of aliphatic hydroxyl groups is 1. The molecule has 1 N–H and O–H groups in total. The number of aliphatic hydroxyl groups excluding tert-OH is 1. The molecule has 0 unspecified atom stereocenters. The Kier molecular flexibility index (Phi) is 4.61. The Hall–Kier alpha value is -0.450. The van der Waals surface area contributed by atoms with Gasteiger partial charge in [-0.25, -0.2) is 9.78 Å². The zero-order valence-corrected chi connectivity index (χ0v) is 15.8. The van der Waals surface area contributed by atoms with E-state index in [0.29, 0.717) is 12.8 Å². The predicted molar refractivity (Wildman–Crippen MR) is 84.9 cm³/mol. The SMILES string of the molecule is C[C@@H]1CC[C@H]2[C@@H](C)[C@](OCCO)(C(F)(F)F)O[C@@H]3O[C@@]4(C)CC[C@@H]1[C@]32OO4. The normalized spacial score (nSPS) is 52.3. The molecule has 4 aliphatic heterocycles. The third kappa shape index (κ3) is 2.62. The lowest BCUT2D eigenvalue weighted by atomic mass is 9.57. The van der Waals surface area contributed by atoms with Crippen LogP contribution in [0, 0.1) is 23.7 Å². The summed E-state index contributed by atoms with van der Waals surface area (Å²) in [6.07, 6.45) is -3.48. The zero-order valence-electron chi connectivity index (χ0n) is 15.8. The minimum Gasteiger partial charge on any atom is -0.394 e. The lowest BCUT2D eigenvalue weighted by molar-refractivity contribution is -0.599. The van der Waals surface area contributed by atoms with E-state index in [2.05, 4.69) is 6.92 Å². The monoisotopic (exact) mass is 396 g/mol. The Morgan fingerprint density at radius 2 is 1.81 bits per heavy atom. The smallest absolute Gasteiger partial charge is 0.394 e. The Labute approximate surface area is 156 Å². The fraction of sp³-hybridized carbons (Fsp3) is 1.00. The standard InChI is InChI=1S/C18H27F3O6/c1-10-4-5-13-11(2)17(18(19,20)21,23-9-8-22)25-14-16(13)12(10)6-7-15(3,24-14)26-27-16/h10-14,22H,4-9H2,1-3H3/t10-,11-,12+,13+,14+,15-,16-,17-/m1/s1. The molecule has 0 amide bonds. The summed E-state index contributed by atoms with van der Waals surface area (Å²) in [6, 6.07) is 0. The highest BCUT2D eigenvalue weighted by atomic mass is 19.4. The van der Waals surface area contributed by atoms with Gasteiger partial charge in [0.2, 0.25) is 5.79 Å². The molecule has 9 heteroatoms. The lowest BCUT2D eigenvalue weighted by Crippen LogP contribution is -2.76. The van der Waals surface area contributed by atoms with Crippen molar-refractivity contribution in [1.82, 2.24) is 0 Å². The Bertz CT molecular complexity index is 588. The summed E-state index contributed by atoms with van der Waals surface area (Å²) < 4.78 is 59.4. The Morgan fingerprint density at radius 1 is 1.07 bits per heavy atom. The molecule has 1 saturated carbocycles. The van der Waals surface area contributed by atoms with Crippen LogP contribution in [0.5, 0.6) is 0 Å². The van der Waals surface area contributed by atoms with Gasteiger partial charge in [-0.05, 0) is 38.0 Å². The molecule has 156 valence electrons. The van der Waals surface area contributed by atoms with Crippen molar-refractivity contribution in [2.75, 3.05) is 13.2 Å². The largest absolute Gasteiger partial charge is 0.443 e. The molecule has 5 fully saturated rings. The molecule has 0 aromatic carbocycles. The molecule has 27 heavy (non-hydrogen) atoms. The summed E-state index contributed by atoms with van der Waals surface area (Å²) in [5, 5.41) is 9.07. The highest BCUT2D eigenvalue weighted by molar-refractivity contribution is 5.12. The van der Waals surface area contributed by atoms with Crippen molar-refractivity contribution in [3.63, 3.8) is 0 Å². The first kappa shape index (κ1) is 19.8. The highest BCUT2D eigenvalue weighted by Crippen LogP contribution is 2.64. The van der Waals surface area contributed by atoms with Gasteiger partial charge in [-0.1, -0.05) is 13.8 Å². The summed E-state index contributed by atoms with van der Waals surface area (Å²) >= 11 is 0. The summed E-state index contributed by atoms with van der Waals surface area (Å²) in [4.78, 5) is 11.4. The van der Waals surface area contributed by atoms with Crippen LogP contribution < -0.4 is 0 Å². The van der Waals surface area contributed by atoms with E-state index in [9.17, 15) is 13.2 Å². The van der Waals surface area contributed by atoms with E-state index in [1.165, 1.54) is 6.92 Å². The van der Waals surface area contributed by atoms with Gasteiger partial charge < -0.3 is 19.3 Å². The van der Waals surface area contributed by atoms with Crippen LogP contribution in [-0.4, -0.2) is 48.0 Å². The van der Waals surface area contributed by atoms with Crippen LogP contribution in [0.4, 0.5) is 13.2 Å². The molecule has 4 saturated heterocycles. The van der Waals surface area contributed by atoms with Crippen molar-refractivity contribution in [2.24, 2.45) is 23.7 Å². The van der Waals surface area contributed by atoms with Gasteiger partial charge in [0.25, 0.3) is 5.79 Å². The van der Waals surface area contributed by atoms with Crippen LogP contribution in [0.2, 0.25) is 0 Å². The van der Waals surface area contributed by atoms with Crippen molar-refractivity contribution in [1.29, 1.82) is 0 Å². The van der Waals surface area contributed by atoms with E-state index in [-0.39, 0.29) is 11.8 Å². The topological polar surface area (TPSA) is 66.4 Å². The molecular formula is C18H27F3O6. The fourth-order valence-corrected chi connectivity index (χ4v) is 5.69. The highest BCUT2D eigenvalue weighted by Gasteiger charge is 2.77. The Morgan fingerprint density at radius 3 is 2.48 bits per heavy atom. The molecule has 0 aromatic rings. The third-order valence-electron chi connectivity index (χ3n) is 7.06. The number of fused-ring (bicyclic) bond motifs is 2. The number of halogens is 3. The van der Waals surface area contributed by atoms with Crippen LogP contribution in [0.1, 0.15) is 46.5 Å². The second-order valence-corrected chi connectivity index (χ2v) is 8.55. The zero-order chi connectivity index (χ0) is 19.7. The van der Waals surface area contributed by atoms with Gasteiger partial charge in [0.1, 0.15) is 0 Å². The molecule has 8 atom stereocenters. The molecular weight excluding hydrogens is 369 g/mol. The molecule has 1 spiro atoms. The summed E-state index contributed by atoms with van der Waals surface area (Å²) in [5.74, 6) is -5.36. The van der Waals surface area contributed by atoms with E-state index < -0.39 is 54.7 Å². The average molecular weight is 396 g/mol. The quantitative estimate of drug-likeness (QED) is 0.740. The van der Waals surface area contributed by atoms with Gasteiger partial charge in [0.05, 0.1) is 13.2 Å². The second kappa shape index (κ2) is 6.27.